The highest BCUT2D eigenvalue weighted by molar-refractivity contribution is 7.12. The molecular formula is C38H41Cl2N3O7S. The molecule has 5 heterocycles. The Morgan fingerprint density at radius 2 is 1.71 bits per heavy atom. The number of carboxylic acids is 1. The number of rotatable bonds is 15. The number of fused-ring (bicyclic) bond motifs is 3. The molecule has 3 fully saturated rings. The summed E-state index contributed by atoms with van der Waals surface area (Å²) >= 11 is 14.3. The van der Waals surface area contributed by atoms with E-state index in [9.17, 15) is 19.9 Å². The van der Waals surface area contributed by atoms with Crippen LogP contribution in [0.2, 0.25) is 10.0 Å². The molecule has 4 aromatic rings. The van der Waals surface area contributed by atoms with Crippen molar-refractivity contribution in [2.75, 3.05) is 40.4 Å². The van der Waals surface area contributed by atoms with Crippen LogP contribution in [0.25, 0.3) is 0 Å². The van der Waals surface area contributed by atoms with Gasteiger partial charge in [0.25, 0.3) is 0 Å². The number of aromatic nitrogens is 1. The van der Waals surface area contributed by atoms with E-state index in [1.54, 1.807) is 18.2 Å². The first kappa shape index (κ1) is 36.9. The number of methoxy groups -OCH3 is 2. The zero-order valence-corrected chi connectivity index (χ0v) is 30.8. The number of piperidine rings is 3. The Morgan fingerprint density at radius 1 is 1.02 bits per heavy atom. The Hall–Kier alpha value is -3.87. The highest BCUT2D eigenvalue weighted by atomic mass is 35.5. The maximum absolute atomic E-state index is 13.4. The van der Waals surface area contributed by atoms with E-state index < -0.39 is 23.6 Å². The van der Waals surface area contributed by atoms with Gasteiger partial charge in [-0.2, -0.15) is 4.73 Å². The summed E-state index contributed by atoms with van der Waals surface area (Å²) in [6.07, 6.45) is 4.38. The van der Waals surface area contributed by atoms with Gasteiger partial charge in [-0.1, -0.05) is 59.6 Å². The van der Waals surface area contributed by atoms with Crippen molar-refractivity contribution in [3.05, 3.63) is 115 Å². The maximum Gasteiger partial charge on any atom is 0.328 e. The summed E-state index contributed by atoms with van der Waals surface area (Å²) in [5.41, 5.74) is 0.676. The molecule has 2 aromatic carbocycles. The zero-order valence-electron chi connectivity index (χ0n) is 28.5. The molecule has 51 heavy (non-hydrogen) atoms. The van der Waals surface area contributed by atoms with E-state index in [1.165, 1.54) is 38.0 Å². The SMILES string of the molecule is COc1ccc([C@H](Cc2c(Cl)c[n+]([O-])cc2Cl)OC(=O)Cc2ccc(CCNC(C(=O)O)(c3ccccc3)[C@H]3CN4CCC3CC4)s2)cc1OC. The fourth-order valence-electron chi connectivity index (χ4n) is 7.53. The summed E-state index contributed by atoms with van der Waals surface area (Å²) in [7, 11) is 3.05. The third kappa shape index (κ3) is 8.13. The van der Waals surface area contributed by atoms with Gasteiger partial charge in [-0.25, -0.2) is 4.79 Å². The van der Waals surface area contributed by atoms with Gasteiger partial charge in [0.1, 0.15) is 21.7 Å². The van der Waals surface area contributed by atoms with Crippen LogP contribution in [0.1, 0.15) is 45.4 Å². The fourth-order valence-corrected chi connectivity index (χ4v) is 9.13. The fraction of sp³-hybridized carbons (Fsp3) is 0.395. The lowest BCUT2D eigenvalue weighted by Gasteiger charge is -2.51. The van der Waals surface area contributed by atoms with E-state index in [1.807, 2.05) is 42.5 Å². The van der Waals surface area contributed by atoms with Gasteiger partial charge >= 0.3 is 11.9 Å². The monoisotopic (exact) mass is 753 g/mol. The number of halogens is 2. The van der Waals surface area contributed by atoms with Crippen LogP contribution in [0.15, 0.2) is 73.1 Å². The highest BCUT2D eigenvalue weighted by Gasteiger charge is 2.53. The Morgan fingerprint density at radius 3 is 2.33 bits per heavy atom. The third-order valence-electron chi connectivity index (χ3n) is 10.1. The minimum absolute atomic E-state index is 0.0291. The number of hydrogen-bond donors (Lipinski definition) is 2. The summed E-state index contributed by atoms with van der Waals surface area (Å²) < 4.78 is 17.4. The molecule has 1 unspecified atom stereocenters. The summed E-state index contributed by atoms with van der Waals surface area (Å²) in [5, 5.41) is 26.5. The Labute approximate surface area is 311 Å². The summed E-state index contributed by atoms with van der Waals surface area (Å²) in [5.74, 6) is -0.0332. The van der Waals surface area contributed by atoms with Crippen LogP contribution < -0.4 is 19.5 Å². The van der Waals surface area contributed by atoms with Crippen LogP contribution in [0.3, 0.4) is 0 Å². The summed E-state index contributed by atoms with van der Waals surface area (Å²) in [4.78, 5) is 30.9. The third-order valence-corrected chi connectivity index (χ3v) is 11.9. The lowest BCUT2D eigenvalue weighted by Crippen LogP contribution is -2.63. The van der Waals surface area contributed by atoms with Crippen molar-refractivity contribution in [2.24, 2.45) is 11.8 Å². The van der Waals surface area contributed by atoms with E-state index in [-0.39, 0.29) is 28.8 Å². The van der Waals surface area contributed by atoms with Gasteiger partial charge in [-0.05, 0) is 73.7 Å². The number of carboxylic acid groups (broad SMARTS) is 1. The minimum Gasteiger partial charge on any atom is -0.619 e. The number of nitrogens with zero attached hydrogens (tertiary/aromatic N) is 2. The molecule has 0 spiro atoms. The molecule has 2 bridgehead atoms. The lowest BCUT2D eigenvalue weighted by molar-refractivity contribution is -0.605. The van der Waals surface area contributed by atoms with E-state index in [0.717, 1.165) is 47.8 Å². The van der Waals surface area contributed by atoms with Crippen molar-refractivity contribution < 1.29 is 33.6 Å². The molecule has 13 heteroatoms. The van der Waals surface area contributed by atoms with Gasteiger partial charge in [0.05, 0.1) is 20.6 Å². The van der Waals surface area contributed by atoms with Crippen molar-refractivity contribution in [3.8, 4) is 11.5 Å². The van der Waals surface area contributed by atoms with Crippen LogP contribution in [-0.2, 0) is 39.1 Å². The second-order valence-electron chi connectivity index (χ2n) is 13.0. The van der Waals surface area contributed by atoms with Gasteiger partial charge in [0.2, 0.25) is 0 Å². The molecule has 0 saturated carbocycles. The van der Waals surface area contributed by atoms with E-state index in [2.05, 4.69) is 10.2 Å². The molecule has 0 aliphatic carbocycles. The first-order valence-electron chi connectivity index (χ1n) is 16.9. The van der Waals surface area contributed by atoms with Crippen molar-refractivity contribution in [1.29, 1.82) is 0 Å². The van der Waals surface area contributed by atoms with Crippen molar-refractivity contribution in [2.45, 2.75) is 43.7 Å². The first-order valence-corrected chi connectivity index (χ1v) is 18.5. The summed E-state index contributed by atoms with van der Waals surface area (Å²) in [6.45, 7) is 3.26. The standard InChI is InChI=1S/C38H41Cl2N3O7S/c1-48-33-11-8-25(18-35(33)49-2)34(20-29-31(39)22-43(47)23-32(29)40)50-36(44)19-28-10-9-27(51-28)12-15-41-38(37(45)46,26-6-4-3-5-7-26)30-21-42-16-13-24(30)14-17-42/h3-11,18,22-24,30,34,41H,12-17,19-21H2,1-2H3,(H,45,46)/t30-,34-,38?/m0/s1. The van der Waals surface area contributed by atoms with Crippen LogP contribution in [0.4, 0.5) is 0 Å². The molecule has 3 atom stereocenters. The highest BCUT2D eigenvalue weighted by Crippen LogP contribution is 2.44. The zero-order chi connectivity index (χ0) is 36.1. The van der Waals surface area contributed by atoms with E-state index >= 15 is 0 Å². The number of nitrogens with one attached hydrogen (secondary N) is 1. The van der Waals surface area contributed by atoms with Crippen LogP contribution >= 0.6 is 34.5 Å². The van der Waals surface area contributed by atoms with Crippen LogP contribution in [-0.4, -0.2) is 62.3 Å². The topological polar surface area (TPSA) is 124 Å². The Balaban J connectivity index is 1.15. The number of thiophene rings is 1. The predicted molar refractivity (Wildman–Crippen MR) is 196 cm³/mol. The largest absolute Gasteiger partial charge is 0.619 e. The smallest absolute Gasteiger partial charge is 0.328 e. The quantitative estimate of drug-likeness (QED) is 0.0827. The number of pyridine rings is 1. The lowest BCUT2D eigenvalue weighted by atomic mass is 9.65. The molecule has 7 rings (SSSR count). The number of carbonyl (C=O) groups excluding carboxylic acids is 1. The van der Waals surface area contributed by atoms with E-state index in [4.69, 9.17) is 37.4 Å². The number of aliphatic carboxylic acids is 1. The predicted octanol–water partition coefficient (Wildman–Crippen LogP) is 6.23. The Kier molecular flexibility index (Phi) is 11.7. The maximum atomic E-state index is 13.4. The molecule has 2 aromatic heterocycles. The number of esters is 1. The normalized spacial score (nSPS) is 20.0. The van der Waals surface area contributed by atoms with Gasteiger partial charge in [0, 0.05) is 40.7 Å². The number of benzene rings is 2. The molecule has 10 nitrogen and oxygen atoms in total. The number of hydrogen-bond acceptors (Lipinski definition) is 9. The number of ether oxygens (including phenoxy) is 3. The van der Waals surface area contributed by atoms with Gasteiger partial charge < -0.3 is 29.4 Å². The van der Waals surface area contributed by atoms with Gasteiger partial charge in [0.15, 0.2) is 23.9 Å². The molecule has 3 saturated heterocycles. The molecule has 3 aliphatic heterocycles. The molecule has 270 valence electrons. The van der Waals surface area contributed by atoms with Gasteiger partial charge in [-0.15, -0.1) is 11.3 Å². The average Bonchev–Trinajstić information content (AvgIpc) is 3.58. The van der Waals surface area contributed by atoms with Crippen molar-refractivity contribution in [1.82, 2.24) is 10.2 Å². The molecular weight excluding hydrogens is 713 g/mol. The molecule has 0 amide bonds. The van der Waals surface area contributed by atoms with Crippen molar-refractivity contribution >= 4 is 46.5 Å². The van der Waals surface area contributed by atoms with Gasteiger partial charge in [-0.3, -0.25) is 10.1 Å². The first-order chi connectivity index (χ1) is 24.6. The van der Waals surface area contributed by atoms with Crippen LogP contribution in [0, 0.1) is 17.0 Å². The average molecular weight is 755 g/mol. The summed E-state index contributed by atoms with van der Waals surface area (Å²) in [6, 6.07) is 18.7. The molecule has 0 radical (unpaired) electrons. The van der Waals surface area contributed by atoms with Crippen molar-refractivity contribution in [3.63, 3.8) is 0 Å². The molecule has 3 aliphatic rings. The Bertz CT molecular complexity index is 1830. The van der Waals surface area contributed by atoms with E-state index in [0.29, 0.717) is 46.2 Å². The number of carbonyl (C=O) groups is 2. The minimum atomic E-state index is -1.20. The second-order valence-corrected chi connectivity index (χ2v) is 15.1. The molecule has 2 N–H and O–H groups in total. The second kappa shape index (κ2) is 16.2. The van der Waals surface area contributed by atoms with Crippen LogP contribution in [0.5, 0.6) is 11.5 Å².